The number of carbonyl (C=O) groups excluding carboxylic acids is 1. The zero-order chi connectivity index (χ0) is 20.4. The van der Waals surface area contributed by atoms with Crippen molar-refractivity contribution in [2.45, 2.75) is 18.9 Å². The number of ether oxygens (including phenoxy) is 1. The van der Waals surface area contributed by atoms with E-state index in [4.69, 9.17) is 4.74 Å². The van der Waals surface area contributed by atoms with Crippen molar-refractivity contribution >= 4 is 33.7 Å². The fourth-order valence-corrected chi connectivity index (χ4v) is 3.90. The molecule has 4 aromatic rings. The number of carbonyl (C=O) groups is 2. The van der Waals surface area contributed by atoms with Crippen LogP contribution in [-0.2, 0) is 16.1 Å². The molecule has 1 heterocycles. The molecule has 1 aromatic heterocycles. The number of fused-ring (bicyclic) bond motifs is 3. The molecule has 5 nitrogen and oxygen atoms in total. The topological polar surface area (TPSA) is 68.5 Å². The highest BCUT2D eigenvalue weighted by molar-refractivity contribution is 6.07. The average Bonchev–Trinajstić information content (AvgIpc) is 3.08. The molecule has 0 fully saturated rings. The van der Waals surface area contributed by atoms with Gasteiger partial charge in [0.05, 0.1) is 18.6 Å². The molecule has 0 saturated carbocycles. The fourth-order valence-electron chi connectivity index (χ4n) is 3.90. The molecule has 0 saturated heterocycles. The first-order valence-electron chi connectivity index (χ1n) is 9.47. The Labute approximate surface area is 168 Å². The Hall–Kier alpha value is -3.60. The van der Waals surface area contributed by atoms with Crippen molar-refractivity contribution in [3.05, 3.63) is 83.9 Å². The molecule has 3 aromatic carbocycles. The van der Waals surface area contributed by atoms with E-state index >= 15 is 0 Å². The van der Waals surface area contributed by atoms with Crippen molar-refractivity contribution in [2.24, 2.45) is 0 Å². The number of hydrogen-bond donors (Lipinski definition) is 1. The second-order valence-electron chi connectivity index (χ2n) is 6.98. The average molecular weight is 387 g/mol. The third-order valence-electron chi connectivity index (χ3n) is 5.35. The minimum absolute atomic E-state index is 0.405. The summed E-state index contributed by atoms with van der Waals surface area (Å²) in [4.78, 5) is 23.6. The maximum Gasteiger partial charge on any atom is 0.337 e. The number of rotatable bonds is 6. The molecule has 0 amide bonds. The number of aliphatic carboxylic acids is 1. The van der Waals surface area contributed by atoms with E-state index in [2.05, 4.69) is 28.8 Å². The van der Waals surface area contributed by atoms with Crippen LogP contribution in [0.2, 0.25) is 0 Å². The number of carboxylic acids is 1. The van der Waals surface area contributed by atoms with E-state index in [0.717, 1.165) is 21.8 Å². The van der Waals surface area contributed by atoms with Crippen LogP contribution < -0.4 is 0 Å². The Morgan fingerprint density at radius 2 is 1.45 bits per heavy atom. The van der Waals surface area contributed by atoms with Gasteiger partial charge in [0, 0.05) is 28.4 Å². The van der Waals surface area contributed by atoms with Crippen molar-refractivity contribution in [1.29, 1.82) is 0 Å². The number of carboxylic acid groups (broad SMARTS) is 1. The van der Waals surface area contributed by atoms with Crippen LogP contribution in [0.3, 0.4) is 0 Å². The summed E-state index contributed by atoms with van der Waals surface area (Å²) in [5.41, 5.74) is 3.27. The molecule has 0 aliphatic rings. The molecule has 0 aliphatic heterocycles. The molecule has 1 N–H and O–H groups in total. The first kappa shape index (κ1) is 18.7. The quantitative estimate of drug-likeness (QED) is 0.481. The van der Waals surface area contributed by atoms with Crippen molar-refractivity contribution in [1.82, 2.24) is 4.57 Å². The molecule has 1 unspecified atom stereocenters. The number of para-hydroxylation sites is 2. The summed E-state index contributed by atoms with van der Waals surface area (Å²) in [6.45, 7) is 0.573. The van der Waals surface area contributed by atoms with Gasteiger partial charge in [-0.1, -0.05) is 48.5 Å². The number of benzene rings is 3. The highest BCUT2D eigenvalue weighted by Crippen LogP contribution is 2.30. The van der Waals surface area contributed by atoms with Gasteiger partial charge in [-0.25, -0.2) is 4.79 Å². The Kier molecular flexibility index (Phi) is 5.04. The SMILES string of the molecule is COC(=O)c1ccc(C(CCn2c3ccccc3c3ccccc32)C(=O)O)cc1. The predicted molar refractivity (Wildman–Crippen MR) is 112 cm³/mol. The van der Waals surface area contributed by atoms with E-state index in [-0.39, 0.29) is 0 Å². The van der Waals surface area contributed by atoms with Gasteiger partial charge in [0.1, 0.15) is 0 Å². The molecule has 5 heteroatoms. The summed E-state index contributed by atoms with van der Waals surface area (Å²) in [6.07, 6.45) is 0.440. The number of nitrogens with zero attached hydrogens (tertiary/aromatic N) is 1. The van der Waals surface area contributed by atoms with Crippen LogP contribution in [0, 0.1) is 0 Å². The molecular formula is C24H21NO4. The van der Waals surface area contributed by atoms with E-state index in [1.807, 2.05) is 24.3 Å². The van der Waals surface area contributed by atoms with Crippen LogP contribution in [0.25, 0.3) is 21.8 Å². The van der Waals surface area contributed by atoms with Crippen LogP contribution in [0.5, 0.6) is 0 Å². The van der Waals surface area contributed by atoms with Crippen molar-refractivity contribution in [3.8, 4) is 0 Å². The molecule has 0 bridgehead atoms. The first-order valence-corrected chi connectivity index (χ1v) is 9.47. The van der Waals surface area contributed by atoms with E-state index in [0.29, 0.717) is 24.1 Å². The van der Waals surface area contributed by atoms with Gasteiger partial charge in [-0.15, -0.1) is 0 Å². The molecule has 4 rings (SSSR count). The van der Waals surface area contributed by atoms with Gasteiger partial charge in [-0.05, 0) is 36.2 Å². The summed E-state index contributed by atoms with van der Waals surface area (Å²) in [5.74, 6) is -1.98. The van der Waals surface area contributed by atoms with Crippen molar-refractivity contribution in [2.75, 3.05) is 7.11 Å². The van der Waals surface area contributed by atoms with Gasteiger partial charge < -0.3 is 14.4 Å². The second kappa shape index (κ2) is 7.80. The Morgan fingerprint density at radius 3 is 1.97 bits per heavy atom. The first-order chi connectivity index (χ1) is 14.1. The Morgan fingerprint density at radius 1 is 0.897 bits per heavy atom. The largest absolute Gasteiger partial charge is 0.481 e. The molecule has 0 aliphatic carbocycles. The zero-order valence-corrected chi connectivity index (χ0v) is 16.0. The smallest absolute Gasteiger partial charge is 0.337 e. The Balaban J connectivity index is 1.65. The van der Waals surface area contributed by atoms with E-state index < -0.39 is 17.9 Å². The number of aromatic nitrogens is 1. The molecule has 1 atom stereocenters. The van der Waals surface area contributed by atoms with Crippen LogP contribution >= 0.6 is 0 Å². The van der Waals surface area contributed by atoms with Gasteiger partial charge in [-0.3, -0.25) is 4.79 Å². The number of aryl methyl sites for hydroxylation is 1. The van der Waals surface area contributed by atoms with Crippen LogP contribution in [0.15, 0.2) is 72.8 Å². The zero-order valence-electron chi connectivity index (χ0n) is 16.0. The lowest BCUT2D eigenvalue weighted by Gasteiger charge is -2.15. The molecule has 0 radical (unpaired) electrons. The van der Waals surface area contributed by atoms with Crippen LogP contribution in [0.4, 0.5) is 0 Å². The minimum Gasteiger partial charge on any atom is -0.481 e. The van der Waals surface area contributed by atoms with E-state index in [9.17, 15) is 14.7 Å². The van der Waals surface area contributed by atoms with Gasteiger partial charge in [0.15, 0.2) is 0 Å². The Bertz CT molecular complexity index is 1140. The molecule has 146 valence electrons. The van der Waals surface area contributed by atoms with E-state index in [1.54, 1.807) is 24.3 Å². The minimum atomic E-state index is -0.878. The number of hydrogen-bond acceptors (Lipinski definition) is 3. The van der Waals surface area contributed by atoms with Gasteiger partial charge >= 0.3 is 11.9 Å². The standard InChI is InChI=1S/C24H21NO4/c1-29-24(28)17-12-10-16(11-13-17)18(23(26)27)14-15-25-21-8-4-2-6-19(21)20-7-3-5-9-22(20)25/h2-13,18H,14-15H2,1H3,(H,26,27). The van der Waals surface area contributed by atoms with Crippen LogP contribution in [-0.4, -0.2) is 28.7 Å². The van der Waals surface area contributed by atoms with Crippen molar-refractivity contribution < 1.29 is 19.4 Å². The highest BCUT2D eigenvalue weighted by atomic mass is 16.5. The summed E-state index contributed by atoms with van der Waals surface area (Å²) in [7, 11) is 1.32. The highest BCUT2D eigenvalue weighted by Gasteiger charge is 2.21. The van der Waals surface area contributed by atoms with Gasteiger partial charge in [0.2, 0.25) is 0 Å². The maximum atomic E-state index is 12.0. The summed E-state index contributed by atoms with van der Waals surface area (Å²) >= 11 is 0. The van der Waals surface area contributed by atoms with Crippen molar-refractivity contribution in [3.63, 3.8) is 0 Å². The summed E-state index contributed by atoms with van der Waals surface area (Å²) < 4.78 is 6.89. The molecule has 0 spiro atoms. The van der Waals surface area contributed by atoms with Gasteiger partial charge in [0.25, 0.3) is 0 Å². The lowest BCUT2D eigenvalue weighted by molar-refractivity contribution is -0.139. The second-order valence-corrected chi connectivity index (χ2v) is 6.98. The lowest BCUT2D eigenvalue weighted by Crippen LogP contribution is -2.15. The third kappa shape index (κ3) is 3.47. The number of methoxy groups -OCH3 is 1. The monoisotopic (exact) mass is 387 g/mol. The number of esters is 1. The fraction of sp³-hybridized carbons (Fsp3) is 0.167. The summed E-state index contributed by atoms with van der Waals surface area (Å²) in [6, 6.07) is 22.9. The lowest BCUT2D eigenvalue weighted by atomic mass is 9.95. The normalized spacial score (nSPS) is 12.2. The maximum absolute atomic E-state index is 12.0. The van der Waals surface area contributed by atoms with E-state index in [1.165, 1.54) is 7.11 Å². The predicted octanol–water partition coefficient (Wildman–Crippen LogP) is 4.84. The molecule has 29 heavy (non-hydrogen) atoms. The third-order valence-corrected chi connectivity index (χ3v) is 5.35. The van der Waals surface area contributed by atoms with Crippen LogP contribution in [0.1, 0.15) is 28.3 Å². The molecular weight excluding hydrogens is 366 g/mol. The van der Waals surface area contributed by atoms with Gasteiger partial charge in [-0.2, -0.15) is 0 Å². The summed E-state index contributed by atoms with van der Waals surface area (Å²) in [5, 5.41) is 12.1.